The lowest BCUT2D eigenvalue weighted by atomic mass is 9.83. The van der Waals surface area contributed by atoms with Gasteiger partial charge < -0.3 is 26.4 Å². The van der Waals surface area contributed by atoms with Crippen molar-refractivity contribution in [3.63, 3.8) is 0 Å². The number of nitrogen functional groups attached to an aromatic ring is 1. The molecule has 1 saturated carbocycles. The van der Waals surface area contributed by atoms with E-state index in [0.717, 1.165) is 6.07 Å². The van der Waals surface area contributed by atoms with Crippen molar-refractivity contribution in [2.45, 2.75) is 43.4 Å². The second-order valence-electron chi connectivity index (χ2n) is 8.78. The van der Waals surface area contributed by atoms with Crippen molar-refractivity contribution < 1.29 is 28.9 Å². The summed E-state index contributed by atoms with van der Waals surface area (Å²) in [6, 6.07) is 7.08. The highest BCUT2D eigenvalue weighted by molar-refractivity contribution is 14.1. The number of amides is 1. The number of carbonyl (C=O) groups excluding carboxylic acids is 1. The summed E-state index contributed by atoms with van der Waals surface area (Å²) < 4.78 is 29.4. The first-order chi connectivity index (χ1) is 17.2. The highest BCUT2D eigenvalue weighted by Gasteiger charge is 2.30. The predicted molar refractivity (Wildman–Crippen MR) is 137 cm³/mol. The van der Waals surface area contributed by atoms with Crippen LogP contribution in [-0.4, -0.2) is 50.0 Å². The van der Waals surface area contributed by atoms with Crippen LogP contribution < -0.4 is 11.1 Å². The summed E-state index contributed by atoms with van der Waals surface area (Å²) in [5.74, 6) is -2.18. The smallest absolute Gasteiger partial charge is 0.254 e. The maximum absolute atomic E-state index is 15.0. The van der Waals surface area contributed by atoms with E-state index in [-0.39, 0.29) is 23.0 Å². The first-order valence-electron chi connectivity index (χ1n) is 11.3. The van der Waals surface area contributed by atoms with E-state index in [9.17, 15) is 24.5 Å². The van der Waals surface area contributed by atoms with E-state index >= 15 is 4.39 Å². The number of aliphatic hydroxyl groups is 3. The molecule has 1 aliphatic rings. The van der Waals surface area contributed by atoms with Crippen LogP contribution in [0.3, 0.4) is 0 Å². The number of halogens is 3. The number of nitrogens with two attached hydrogens (primary N) is 1. The summed E-state index contributed by atoms with van der Waals surface area (Å²) >= 11 is 1.92. The number of carbonyl (C=O) groups is 1. The number of hydrogen-bond donors (Lipinski definition) is 5. The molecular formula is C25H25F2IN4O4. The zero-order valence-electron chi connectivity index (χ0n) is 19.0. The van der Waals surface area contributed by atoms with Crippen molar-refractivity contribution in [2.24, 2.45) is 0 Å². The zero-order valence-corrected chi connectivity index (χ0v) is 21.2. The van der Waals surface area contributed by atoms with Crippen molar-refractivity contribution in [1.29, 1.82) is 0 Å². The average Bonchev–Trinajstić information content (AvgIpc) is 2.83. The molecular weight excluding hydrogens is 585 g/mol. The van der Waals surface area contributed by atoms with Crippen LogP contribution in [0.15, 0.2) is 42.6 Å². The fourth-order valence-corrected chi connectivity index (χ4v) is 4.97. The molecule has 0 bridgehead atoms. The Balaban J connectivity index is 1.56. The average molecular weight is 610 g/mol. The van der Waals surface area contributed by atoms with Crippen LogP contribution in [-0.2, 0) is 0 Å². The number of anilines is 1. The number of rotatable bonds is 6. The summed E-state index contributed by atoms with van der Waals surface area (Å²) in [7, 11) is 0. The predicted octanol–water partition coefficient (Wildman–Crippen LogP) is 3.06. The normalized spacial score (nSPS) is 20.7. The van der Waals surface area contributed by atoms with Crippen LogP contribution in [0, 0.1) is 15.2 Å². The van der Waals surface area contributed by atoms with E-state index in [1.54, 1.807) is 6.07 Å². The van der Waals surface area contributed by atoms with Crippen molar-refractivity contribution in [3.8, 4) is 11.3 Å². The van der Waals surface area contributed by atoms with Crippen LogP contribution in [0.2, 0.25) is 0 Å². The van der Waals surface area contributed by atoms with Gasteiger partial charge in [0.15, 0.2) is 0 Å². The van der Waals surface area contributed by atoms with E-state index in [2.05, 4.69) is 15.3 Å². The second kappa shape index (κ2) is 11.1. The molecule has 0 aliphatic heterocycles. The number of nitrogens with zero attached hydrogens (tertiary/aromatic N) is 2. The van der Waals surface area contributed by atoms with Crippen LogP contribution >= 0.6 is 22.6 Å². The second-order valence-corrected chi connectivity index (χ2v) is 10.0. The van der Waals surface area contributed by atoms with Gasteiger partial charge in [0.05, 0.1) is 42.3 Å². The first-order valence-corrected chi connectivity index (χ1v) is 12.4. The Bertz CT molecular complexity index is 1260. The first kappa shape index (κ1) is 26.3. The lowest BCUT2D eigenvalue weighted by Gasteiger charge is -2.29. The third-order valence-corrected chi connectivity index (χ3v) is 6.90. The maximum Gasteiger partial charge on any atom is 0.254 e. The molecule has 1 aromatic heterocycles. The van der Waals surface area contributed by atoms with Gasteiger partial charge in [-0.15, -0.1) is 0 Å². The number of aromatic nitrogens is 2. The van der Waals surface area contributed by atoms with Crippen LogP contribution in [0.4, 0.5) is 14.6 Å². The highest BCUT2D eigenvalue weighted by Crippen LogP contribution is 2.34. The topological polar surface area (TPSA) is 142 Å². The van der Waals surface area contributed by atoms with Crippen molar-refractivity contribution >= 4 is 34.3 Å². The minimum atomic E-state index is -0.927. The van der Waals surface area contributed by atoms with Gasteiger partial charge in [-0.3, -0.25) is 4.79 Å². The number of aliphatic hydroxyl groups excluding tert-OH is 3. The molecule has 4 atom stereocenters. The molecule has 3 aromatic rings. The Morgan fingerprint density at radius 1 is 1.17 bits per heavy atom. The third kappa shape index (κ3) is 5.80. The molecule has 0 radical (unpaired) electrons. The monoisotopic (exact) mass is 610 g/mol. The summed E-state index contributed by atoms with van der Waals surface area (Å²) in [6.45, 7) is -0.503. The molecule has 1 amide bonds. The number of benzene rings is 2. The van der Waals surface area contributed by atoms with Gasteiger partial charge in [-0.25, -0.2) is 18.7 Å². The van der Waals surface area contributed by atoms with Crippen LogP contribution in [0.25, 0.3) is 11.3 Å². The van der Waals surface area contributed by atoms with Crippen molar-refractivity contribution in [2.75, 3.05) is 12.3 Å². The SMILES string of the molecule is Nc1ncc([C@@H]2CC[C@H](O)[C@H](O)C2)nc1-c1ccc(C(=O)N[C@H](CO)c2cc(F)cc(I)c2)c(F)c1. The minimum absolute atomic E-state index is 0.0767. The van der Waals surface area contributed by atoms with Crippen LogP contribution in [0.5, 0.6) is 0 Å². The number of hydrogen-bond acceptors (Lipinski definition) is 7. The maximum atomic E-state index is 15.0. The largest absolute Gasteiger partial charge is 0.394 e. The number of nitrogens with one attached hydrogen (secondary N) is 1. The minimum Gasteiger partial charge on any atom is -0.394 e. The molecule has 0 saturated heterocycles. The standard InChI is InChI=1S/C25H25F2IN4O4/c26-15-5-14(6-16(28)9-15)20(11-33)32-25(36)17-3-1-13(7-18(17)27)23-24(29)30-10-19(31-23)12-2-4-21(34)22(35)8-12/h1,3,5-7,9-10,12,20-22,33-35H,2,4,8,11H2,(H2,29,30)(H,32,36)/t12-,20-,21+,22-/m1/s1. The molecule has 0 spiro atoms. The van der Waals surface area contributed by atoms with Gasteiger partial charge in [0, 0.05) is 15.1 Å². The summed E-state index contributed by atoms with van der Waals surface area (Å²) in [5.41, 5.74) is 7.20. The van der Waals surface area contributed by atoms with E-state index < -0.39 is 42.4 Å². The Labute approximate surface area is 219 Å². The van der Waals surface area contributed by atoms with Gasteiger partial charge in [0.1, 0.15) is 23.1 Å². The third-order valence-electron chi connectivity index (χ3n) is 6.28. The molecule has 6 N–H and O–H groups in total. The summed E-state index contributed by atoms with van der Waals surface area (Å²) in [6.07, 6.45) is 1.23. The molecule has 4 rings (SSSR count). The Morgan fingerprint density at radius 3 is 2.61 bits per heavy atom. The molecule has 1 fully saturated rings. The fourth-order valence-electron chi connectivity index (χ4n) is 4.31. The molecule has 1 aliphatic carbocycles. The molecule has 190 valence electrons. The quantitative estimate of drug-likeness (QED) is 0.270. The fraction of sp³-hybridized carbons (Fsp3) is 0.320. The Hall–Kier alpha value is -2.74. The van der Waals surface area contributed by atoms with E-state index in [1.807, 2.05) is 22.6 Å². The molecule has 8 nitrogen and oxygen atoms in total. The van der Waals surface area contributed by atoms with Gasteiger partial charge in [-0.05, 0) is 77.7 Å². The molecule has 2 aromatic carbocycles. The lowest BCUT2D eigenvalue weighted by molar-refractivity contribution is -0.0153. The zero-order chi connectivity index (χ0) is 26.0. The summed E-state index contributed by atoms with van der Waals surface area (Å²) in [5, 5.41) is 32.0. The lowest BCUT2D eigenvalue weighted by Crippen LogP contribution is -2.33. The highest BCUT2D eigenvalue weighted by atomic mass is 127. The summed E-state index contributed by atoms with van der Waals surface area (Å²) in [4.78, 5) is 21.5. The van der Waals surface area contributed by atoms with Gasteiger partial charge in [0.25, 0.3) is 5.91 Å². The molecule has 11 heteroatoms. The van der Waals surface area contributed by atoms with Gasteiger partial charge in [0.2, 0.25) is 0 Å². The van der Waals surface area contributed by atoms with Gasteiger partial charge >= 0.3 is 0 Å². The molecule has 1 heterocycles. The van der Waals surface area contributed by atoms with Crippen molar-refractivity contribution in [3.05, 3.63) is 74.6 Å². The van der Waals surface area contributed by atoms with E-state index in [4.69, 9.17) is 5.73 Å². The molecule has 36 heavy (non-hydrogen) atoms. The van der Waals surface area contributed by atoms with Gasteiger partial charge in [-0.1, -0.05) is 6.07 Å². The van der Waals surface area contributed by atoms with E-state index in [1.165, 1.54) is 30.5 Å². The van der Waals surface area contributed by atoms with Crippen molar-refractivity contribution in [1.82, 2.24) is 15.3 Å². The van der Waals surface area contributed by atoms with Crippen LogP contribution in [0.1, 0.15) is 52.8 Å². The Morgan fingerprint density at radius 2 is 1.94 bits per heavy atom. The Kier molecular flexibility index (Phi) is 8.13. The van der Waals surface area contributed by atoms with Gasteiger partial charge in [-0.2, -0.15) is 0 Å². The molecule has 0 unspecified atom stereocenters. The van der Waals surface area contributed by atoms with E-state index in [0.29, 0.717) is 39.7 Å².